The van der Waals surface area contributed by atoms with Crippen molar-refractivity contribution in [1.29, 1.82) is 0 Å². The van der Waals surface area contributed by atoms with Crippen LogP contribution in [0.3, 0.4) is 0 Å². The minimum Gasteiger partial charge on any atom is -0.549 e. The van der Waals surface area contributed by atoms with E-state index in [-0.39, 0.29) is 24.5 Å². The van der Waals surface area contributed by atoms with Crippen LogP contribution in [0.4, 0.5) is 0 Å². The second kappa shape index (κ2) is 7.60. The number of nitrogens with one attached hydrogen (secondary N) is 2. The van der Waals surface area contributed by atoms with Crippen molar-refractivity contribution in [2.24, 2.45) is 0 Å². The quantitative estimate of drug-likeness (QED) is 0.377. The molecule has 0 aliphatic carbocycles. The van der Waals surface area contributed by atoms with E-state index in [9.17, 15) is 29.7 Å². The van der Waals surface area contributed by atoms with Crippen LogP contribution >= 0.6 is 0 Å². The second-order valence-electron chi connectivity index (χ2n) is 3.15. The lowest BCUT2D eigenvalue weighted by molar-refractivity contribution is -0.887. The van der Waals surface area contributed by atoms with Crippen LogP contribution in [0, 0.1) is 0 Å². The zero-order valence-corrected chi connectivity index (χ0v) is 8.49. The SMILES string of the molecule is O=C([O-])CNCC[NH+](CC(=O)[O-])CC(=O)[O-]. The van der Waals surface area contributed by atoms with Gasteiger partial charge in [0.15, 0.2) is 0 Å². The Bertz CT molecular complexity index is 251. The minimum absolute atomic E-state index is 0.134. The van der Waals surface area contributed by atoms with Gasteiger partial charge in [-0.2, -0.15) is 0 Å². The maximum absolute atomic E-state index is 10.3. The first-order chi connectivity index (χ1) is 7.41. The van der Waals surface area contributed by atoms with E-state index in [1.54, 1.807) is 0 Å². The van der Waals surface area contributed by atoms with Gasteiger partial charge >= 0.3 is 0 Å². The molecular formula is C8H12N2O6-2. The highest BCUT2D eigenvalue weighted by Gasteiger charge is 2.08. The van der Waals surface area contributed by atoms with Gasteiger partial charge in [-0.1, -0.05) is 0 Å². The first-order valence-electron chi connectivity index (χ1n) is 4.55. The molecule has 0 rings (SSSR count). The van der Waals surface area contributed by atoms with Crippen molar-refractivity contribution < 1.29 is 34.6 Å². The number of carbonyl (C=O) groups excluding carboxylic acids is 3. The molecular weight excluding hydrogens is 220 g/mol. The highest BCUT2D eigenvalue weighted by molar-refractivity contribution is 5.67. The van der Waals surface area contributed by atoms with Crippen molar-refractivity contribution in [2.45, 2.75) is 0 Å². The van der Waals surface area contributed by atoms with Gasteiger partial charge in [0.05, 0.1) is 24.5 Å². The molecule has 0 atom stereocenters. The Hall–Kier alpha value is -1.67. The Balaban J connectivity index is 3.86. The highest BCUT2D eigenvalue weighted by atomic mass is 16.4. The average molecular weight is 232 g/mol. The molecule has 0 heterocycles. The average Bonchev–Trinajstić information content (AvgIpc) is 2.09. The van der Waals surface area contributed by atoms with E-state index >= 15 is 0 Å². The third kappa shape index (κ3) is 8.91. The molecule has 0 spiro atoms. The van der Waals surface area contributed by atoms with Crippen molar-refractivity contribution in [3.63, 3.8) is 0 Å². The Kier molecular flexibility index (Phi) is 6.81. The Morgan fingerprint density at radius 2 is 1.44 bits per heavy atom. The number of quaternary nitrogens is 1. The fraction of sp³-hybridized carbons (Fsp3) is 0.625. The van der Waals surface area contributed by atoms with Crippen LogP contribution in [0.25, 0.3) is 0 Å². The monoisotopic (exact) mass is 232 g/mol. The molecule has 0 saturated heterocycles. The minimum atomic E-state index is -1.38. The number of aliphatic carboxylic acids is 3. The molecule has 0 aromatic carbocycles. The summed E-state index contributed by atoms with van der Waals surface area (Å²) in [6.07, 6.45) is 0. The zero-order chi connectivity index (χ0) is 12.6. The van der Waals surface area contributed by atoms with E-state index in [1.165, 1.54) is 0 Å². The van der Waals surface area contributed by atoms with Crippen LogP contribution in [0.2, 0.25) is 0 Å². The molecule has 0 aliphatic rings. The molecule has 0 aliphatic heterocycles. The number of rotatable bonds is 9. The second-order valence-corrected chi connectivity index (χ2v) is 3.15. The van der Waals surface area contributed by atoms with E-state index in [0.717, 1.165) is 0 Å². The molecule has 0 amide bonds. The van der Waals surface area contributed by atoms with E-state index in [4.69, 9.17) is 0 Å². The summed E-state index contributed by atoms with van der Waals surface area (Å²) < 4.78 is 0. The standard InChI is InChI=1S/C8H14N2O6/c11-6(12)3-9-1-2-10(4-7(13)14)5-8(15)16/h9H,1-5H2,(H,11,12)(H,13,14)(H,15,16)/p-2. The van der Waals surface area contributed by atoms with Gasteiger partial charge in [0.25, 0.3) is 0 Å². The summed E-state index contributed by atoms with van der Waals surface area (Å²) in [5.74, 6) is -4.05. The largest absolute Gasteiger partial charge is 0.549 e. The van der Waals surface area contributed by atoms with Gasteiger partial charge in [-0.3, -0.25) is 0 Å². The maximum atomic E-state index is 10.3. The van der Waals surface area contributed by atoms with E-state index in [1.807, 2.05) is 0 Å². The lowest BCUT2D eigenvalue weighted by Gasteiger charge is -2.20. The normalized spacial score (nSPS) is 10.3. The maximum Gasteiger partial charge on any atom is 0.118 e. The summed E-state index contributed by atoms with van der Waals surface area (Å²) in [4.78, 5) is 30.7. The summed E-state index contributed by atoms with van der Waals surface area (Å²) >= 11 is 0. The van der Waals surface area contributed by atoms with Crippen LogP contribution in [-0.4, -0.2) is 50.6 Å². The van der Waals surface area contributed by atoms with Crippen molar-refractivity contribution in [3.05, 3.63) is 0 Å². The van der Waals surface area contributed by atoms with Gasteiger partial charge in [-0.15, -0.1) is 0 Å². The van der Waals surface area contributed by atoms with Crippen molar-refractivity contribution in [1.82, 2.24) is 5.32 Å². The molecule has 0 radical (unpaired) electrons. The molecule has 0 aromatic rings. The smallest absolute Gasteiger partial charge is 0.118 e. The Morgan fingerprint density at radius 3 is 1.81 bits per heavy atom. The molecule has 0 saturated carbocycles. The number of hydrogen-bond donors (Lipinski definition) is 2. The van der Waals surface area contributed by atoms with Crippen molar-refractivity contribution in [3.8, 4) is 0 Å². The first kappa shape index (κ1) is 14.3. The first-order valence-corrected chi connectivity index (χ1v) is 4.55. The predicted octanol–water partition coefficient (Wildman–Crippen LogP) is -7.29. The third-order valence-electron chi connectivity index (χ3n) is 1.71. The van der Waals surface area contributed by atoms with Crippen LogP contribution in [0.1, 0.15) is 0 Å². The molecule has 92 valence electrons. The molecule has 0 unspecified atom stereocenters. The van der Waals surface area contributed by atoms with E-state index in [0.29, 0.717) is 0 Å². The van der Waals surface area contributed by atoms with Crippen LogP contribution in [0.15, 0.2) is 0 Å². The molecule has 0 fully saturated rings. The third-order valence-corrected chi connectivity index (χ3v) is 1.71. The van der Waals surface area contributed by atoms with Crippen LogP contribution in [0.5, 0.6) is 0 Å². The fourth-order valence-corrected chi connectivity index (χ4v) is 1.10. The van der Waals surface area contributed by atoms with E-state index < -0.39 is 31.0 Å². The molecule has 16 heavy (non-hydrogen) atoms. The predicted molar refractivity (Wildman–Crippen MR) is 43.5 cm³/mol. The zero-order valence-electron chi connectivity index (χ0n) is 8.49. The number of carboxylic acid groups (broad SMARTS) is 3. The van der Waals surface area contributed by atoms with Gasteiger partial charge in [0, 0.05) is 13.1 Å². The summed E-state index contributed by atoms with van der Waals surface area (Å²) in [7, 11) is 0. The summed E-state index contributed by atoms with van der Waals surface area (Å²) in [6, 6.07) is 0. The highest BCUT2D eigenvalue weighted by Crippen LogP contribution is 1.58. The molecule has 8 nitrogen and oxygen atoms in total. The summed E-state index contributed by atoms with van der Waals surface area (Å²) in [5.41, 5.74) is 0. The molecule has 0 aromatic heterocycles. The molecule has 0 bridgehead atoms. The summed E-state index contributed by atoms with van der Waals surface area (Å²) in [5, 5.41) is 33.0. The van der Waals surface area contributed by atoms with Crippen molar-refractivity contribution >= 4 is 17.9 Å². The lowest BCUT2D eigenvalue weighted by atomic mass is 10.4. The topological polar surface area (TPSA) is 137 Å². The number of carboxylic acids is 3. The van der Waals surface area contributed by atoms with Gasteiger partial charge in [0.1, 0.15) is 13.1 Å². The number of carbonyl (C=O) groups is 3. The Labute approximate surface area is 91.5 Å². The molecule has 2 N–H and O–H groups in total. The van der Waals surface area contributed by atoms with Gasteiger partial charge in [-0.05, 0) is 0 Å². The van der Waals surface area contributed by atoms with Gasteiger partial charge < -0.3 is 39.9 Å². The van der Waals surface area contributed by atoms with Gasteiger partial charge in [-0.25, -0.2) is 0 Å². The number of hydrogen-bond acceptors (Lipinski definition) is 7. The van der Waals surface area contributed by atoms with Crippen molar-refractivity contribution in [2.75, 3.05) is 32.7 Å². The van der Waals surface area contributed by atoms with E-state index in [2.05, 4.69) is 5.32 Å². The van der Waals surface area contributed by atoms with Gasteiger partial charge in [0.2, 0.25) is 0 Å². The van der Waals surface area contributed by atoms with Crippen LogP contribution < -0.4 is 25.5 Å². The van der Waals surface area contributed by atoms with Crippen LogP contribution in [-0.2, 0) is 14.4 Å². The summed E-state index contributed by atoms with van der Waals surface area (Å²) in [6.45, 7) is -1.02. The molecule has 8 heteroatoms. The Morgan fingerprint density at radius 1 is 0.938 bits per heavy atom. The lowest BCUT2D eigenvalue weighted by Crippen LogP contribution is -3.15. The fourth-order valence-electron chi connectivity index (χ4n) is 1.10.